The van der Waals surface area contributed by atoms with Gasteiger partial charge in [0.25, 0.3) is 0 Å². The van der Waals surface area contributed by atoms with Gasteiger partial charge >= 0.3 is 6.03 Å². The highest BCUT2D eigenvalue weighted by molar-refractivity contribution is 5.88. The van der Waals surface area contributed by atoms with Crippen molar-refractivity contribution in [2.45, 2.75) is 25.9 Å². The average Bonchev–Trinajstić information content (AvgIpc) is 3.12. The second-order valence-electron chi connectivity index (χ2n) is 7.51. The normalized spacial score (nSPS) is 16.9. The molecule has 148 valence electrons. The third kappa shape index (κ3) is 4.25. The number of likely N-dealkylation sites (tertiary alicyclic amines) is 1. The molecule has 1 N–H and O–H groups in total. The van der Waals surface area contributed by atoms with Crippen molar-refractivity contribution >= 4 is 17.5 Å². The standard InChI is InChI=1S/C21H27N5O2/c1-28-14-18-12-20(23-15-22-18)24-21(27)25-9-6-16(7-10-25)13-26-11-8-17-4-2-3-5-19(17)26/h2-5,12,15-16H,6-11,13-14H2,1H3,(H,22,23,24,27). The molecule has 7 nitrogen and oxygen atoms in total. The van der Waals surface area contributed by atoms with E-state index in [1.54, 1.807) is 13.2 Å². The fraction of sp³-hybridized carbons (Fsp3) is 0.476. The van der Waals surface area contributed by atoms with E-state index in [-0.39, 0.29) is 6.03 Å². The van der Waals surface area contributed by atoms with Gasteiger partial charge in [-0.25, -0.2) is 14.8 Å². The lowest BCUT2D eigenvalue weighted by Gasteiger charge is -2.34. The maximum absolute atomic E-state index is 12.6. The first-order valence-corrected chi connectivity index (χ1v) is 9.91. The Morgan fingerprint density at radius 2 is 2.04 bits per heavy atom. The molecule has 0 radical (unpaired) electrons. The Labute approximate surface area is 165 Å². The van der Waals surface area contributed by atoms with Crippen LogP contribution in [0.4, 0.5) is 16.3 Å². The monoisotopic (exact) mass is 381 g/mol. The maximum atomic E-state index is 12.6. The van der Waals surface area contributed by atoms with Crippen molar-refractivity contribution in [2.75, 3.05) is 43.5 Å². The summed E-state index contributed by atoms with van der Waals surface area (Å²) in [4.78, 5) is 25.2. The van der Waals surface area contributed by atoms with Crippen LogP contribution < -0.4 is 10.2 Å². The molecular weight excluding hydrogens is 354 g/mol. The number of aromatic nitrogens is 2. The molecule has 0 aliphatic carbocycles. The number of ether oxygens (including phenoxy) is 1. The fourth-order valence-electron chi connectivity index (χ4n) is 4.11. The molecule has 2 aliphatic heterocycles. The van der Waals surface area contributed by atoms with Crippen LogP contribution >= 0.6 is 0 Å². The minimum Gasteiger partial charge on any atom is -0.378 e. The number of urea groups is 1. The van der Waals surface area contributed by atoms with E-state index >= 15 is 0 Å². The second-order valence-corrected chi connectivity index (χ2v) is 7.51. The second kappa shape index (κ2) is 8.56. The molecule has 1 aromatic heterocycles. The zero-order valence-electron chi connectivity index (χ0n) is 16.3. The smallest absolute Gasteiger partial charge is 0.323 e. The Hall–Kier alpha value is -2.67. The summed E-state index contributed by atoms with van der Waals surface area (Å²) < 4.78 is 5.08. The molecule has 28 heavy (non-hydrogen) atoms. The number of carbonyl (C=O) groups excluding carboxylic acids is 1. The Morgan fingerprint density at radius 3 is 2.86 bits per heavy atom. The molecule has 2 aliphatic rings. The summed E-state index contributed by atoms with van der Waals surface area (Å²) in [5, 5.41) is 2.88. The first kappa shape index (κ1) is 18.7. The fourth-order valence-corrected chi connectivity index (χ4v) is 4.11. The summed E-state index contributed by atoms with van der Waals surface area (Å²) in [5.74, 6) is 1.14. The van der Waals surface area contributed by atoms with Gasteiger partial charge in [0.1, 0.15) is 12.1 Å². The number of methoxy groups -OCH3 is 1. The number of fused-ring (bicyclic) bond motifs is 1. The zero-order valence-corrected chi connectivity index (χ0v) is 16.3. The number of nitrogens with one attached hydrogen (secondary N) is 1. The van der Waals surface area contributed by atoms with Gasteiger partial charge in [0.2, 0.25) is 0 Å². The SMILES string of the molecule is COCc1cc(NC(=O)N2CCC(CN3CCc4ccccc43)CC2)ncn1. The quantitative estimate of drug-likeness (QED) is 0.862. The van der Waals surface area contributed by atoms with E-state index in [2.05, 4.69) is 44.5 Å². The molecule has 1 aromatic carbocycles. The number of carbonyl (C=O) groups is 1. The molecule has 0 bridgehead atoms. The van der Waals surface area contributed by atoms with Crippen LogP contribution in [0.25, 0.3) is 0 Å². The van der Waals surface area contributed by atoms with Crippen LogP contribution in [-0.4, -0.2) is 54.2 Å². The van der Waals surface area contributed by atoms with E-state index in [0.29, 0.717) is 18.3 Å². The van der Waals surface area contributed by atoms with Crippen molar-refractivity contribution in [1.29, 1.82) is 0 Å². The molecule has 0 unspecified atom stereocenters. The van der Waals surface area contributed by atoms with E-state index in [1.807, 2.05) is 4.90 Å². The lowest BCUT2D eigenvalue weighted by Crippen LogP contribution is -2.43. The molecular formula is C21H27N5O2. The number of hydrogen-bond acceptors (Lipinski definition) is 5. The number of amides is 2. The molecule has 0 atom stereocenters. The molecule has 2 aromatic rings. The van der Waals surface area contributed by atoms with Gasteiger partial charge in [-0.2, -0.15) is 0 Å². The average molecular weight is 381 g/mol. The van der Waals surface area contributed by atoms with Crippen LogP contribution in [0, 0.1) is 5.92 Å². The minimum absolute atomic E-state index is 0.0907. The predicted octanol–water partition coefficient (Wildman–Crippen LogP) is 2.93. The topological polar surface area (TPSA) is 70.6 Å². The van der Waals surface area contributed by atoms with Crippen molar-refractivity contribution in [1.82, 2.24) is 14.9 Å². The molecule has 7 heteroatoms. The Balaban J connectivity index is 1.27. The first-order valence-electron chi connectivity index (χ1n) is 9.91. The third-order valence-electron chi connectivity index (χ3n) is 5.61. The summed E-state index contributed by atoms with van der Waals surface area (Å²) in [6.45, 7) is 4.15. The van der Waals surface area contributed by atoms with Crippen molar-refractivity contribution in [3.63, 3.8) is 0 Å². The van der Waals surface area contributed by atoms with Crippen LogP contribution in [0.2, 0.25) is 0 Å². The van der Waals surface area contributed by atoms with Gasteiger partial charge in [0, 0.05) is 45.0 Å². The van der Waals surface area contributed by atoms with E-state index < -0.39 is 0 Å². The molecule has 0 saturated carbocycles. The highest BCUT2D eigenvalue weighted by Gasteiger charge is 2.27. The van der Waals surface area contributed by atoms with Crippen LogP contribution in [0.5, 0.6) is 0 Å². The van der Waals surface area contributed by atoms with Gasteiger partial charge in [-0.1, -0.05) is 18.2 Å². The number of anilines is 2. The van der Waals surface area contributed by atoms with Crippen LogP contribution in [0.15, 0.2) is 36.7 Å². The zero-order chi connectivity index (χ0) is 19.3. The number of nitrogens with zero attached hydrogens (tertiary/aromatic N) is 4. The summed E-state index contributed by atoms with van der Waals surface area (Å²) >= 11 is 0. The van der Waals surface area contributed by atoms with Crippen molar-refractivity contribution in [3.8, 4) is 0 Å². The summed E-state index contributed by atoms with van der Waals surface area (Å²) in [6, 6.07) is 10.4. The number of piperidine rings is 1. The van der Waals surface area contributed by atoms with Crippen LogP contribution in [0.1, 0.15) is 24.1 Å². The first-order chi connectivity index (χ1) is 13.7. The number of rotatable bonds is 5. The van der Waals surface area contributed by atoms with Crippen LogP contribution in [-0.2, 0) is 17.8 Å². The highest BCUT2D eigenvalue weighted by atomic mass is 16.5. The van der Waals surface area contributed by atoms with Crippen molar-refractivity contribution < 1.29 is 9.53 Å². The molecule has 1 fully saturated rings. The molecule has 0 spiro atoms. The number of hydrogen-bond donors (Lipinski definition) is 1. The summed E-state index contributed by atoms with van der Waals surface area (Å²) in [6.07, 6.45) is 4.65. The number of para-hydroxylation sites is 1. The molecule has 2 amide bonds. The van der Waals surface area contributed by atoms with Gasteiger partial charge in [-0.05, 0) is 36.8 Å². The van der Waals surface area contributed by atoms with Gasteiger partial charge in [-0.15, -0.1) is 0 Å². The summed E-state index contributed by atoms with van der Waals surface area (Å²) in [7, 11) is 1.62. The van der Waals surface area contributed by atoms with Gasteiger partial charge < -0.3 is 14.5 Å². The summed E-state index contributed by atoms with van der Waals surface area (Å²) in [5.41, 5.74) is 3.59. The van der Waals surface area contributed by atoms with Crippen molar-refractivity contribution in [3.05, 3.63) is 47.9 Å². The molecule has 3 heterocycles. The predicted molar refractivity (Wildman–Crippen MR) is 108 cm³/mol. The maximum Gasteiger partial charge on any atom is 0.323 e. The minimum atomic E-state index is -0.0907. The van der Waals surface area contributed by atoms with Gasteiger partial charge in [0.05, 0.1) is 12.3 Å². The molecule has 4 rings (SSSR count). The largest absolute Gasteiger partial charge is 0.378 e. The Bertz CT molecular complexity index is 820. The van der Waals surface area contributed by atoms with Gasteiger partial charge in [0.15, 0.2) is 0 Å². The van der Waals surface area contributed by atoms with Crippen LogP contribution in [0.3, 0.4) is 0 Å². The lowest BCUT2D eigenvalue weighted by atomic mass is 9.96. The van der Waals surface area contributed by atoms with E-state index in [0.717, 1.165) is 51.1 Å². The van der Waals surface area contributed by atoms with E-state index in [1.165, 1.54) is 17.6 Å². The highest BCUT2D eigenvalue weighted by Crippen LogP contribution is 2.30. The van der Waals surface area contributed by atoms with E-state index in [4.69, 9.17) is 4.74 Å². The lowest BCUT2D eigenvalue weighted by molar-refractivity contribution is 0.181. The van der Waals surface area contributed by atoms with Crippen molar-refractivity contribution in [2.24, 2.45) is 5.92 Å². The number of benzene rings is 1. The third-order valence-corrected chi connectivity index (χ3v) is 5.61. The van der Waals surface area contributed by atoms with Gasteiger partial charge in [-0.3, -0.25) is 5.32 Å². The Kier molecular flexibility index (Phi) is 5.71. The molecule has 1 saturated heterocycles. The van der Waals surface area contributed by atoms with E-state index in [9.17, 15) is 4.79 Å². The Morgan fingerprint density at radius 1 is 1.21 bits per heavy atom.